The Labute approximate surface area is 167 Å². The van der Waals surface area contributed by atoms with Crippen LogP contribution in [-0.4, -0.2) is 35.4 Å². The molecule has 0 aliphatic heterocycles. The van der Waals surface area contributed by atoms with Gasteiger partial charge in [-0.3, -0.25) is 4.79 Å². The third-order valence-electron chi connectivity index (χ3n) is 4.82. The third kappa shape index (κ3) is 5.73. The maximum atomic E-state index is 11.8. The molecule has 0 radical (unpaired) electrons. The average molecular weight is 386 g/mol. The number of aryl methyl sites for hydroxylation is 2. The number of nitrogens with one attached hydrogen (secondary N) is 1. The lowest BCUT2D eigenvalue weighted by molar-refractivity contribution is -0.124. The van der Waals surface area contributed by atoms with Gasteiger partial charge in [-0.25, -0.2) is 0 Å². The summed E-state index contributed by atoms with van der Waals surface area (Å²) in [4.78, 5) is 11.8. The van der Waals surface area contributed by atoms with Crippen molar-refractivity contribution in [3.8, 4) is 11.5 Å². The molecule has 3 N–H and O–H groups in total. The van der Waals surface area contributed by atoms with Crippen LogP contribution in [0.5, 0.6) is 11.5 Å². The van der Waals surface area contributed by atoms with Crippen molar-refractivity contribution in [3.63, 3.8) is 0 Å². The fourth-order valence-corrected chi connectivity index (χ4v) is 3.21. The number of carbonyl (C=O) groups excluding carboxylic acids is 1. The van der Waals surface area contributed by atoms with Gasteiger partial charge in [0.05, 0.1) is 6.61 Å². The molecule has 2 aromatic rings. The number of carbonyl (C=O) groups is 1. The predicted molar refractivity (Wildman–Crippen MR) is 111 cm³/mol. The Bertz CT molecular complexity index is 806. The van der Waals surface area contributed by atoms with Crippen LogP contribution < -0.4 is 10.1 Å². The molecule has 152 valence electrons. The lowest BCUT2D eigenvalue weighted by Gasteiger charge is -2.16. The van der Waals surface area contributed by atoms with Gasteiger partial charge in [-0.1, -0.05) is 26.0 Å². The van der Waals surface area contributed by atoms with Gasteiger partial charge < -0.3 is 20.3 Å². The molecule has 2 rings (SSSR count). The van der Waals surface area contributed by atoms with Crippen molar-refractivity contribution >= 4 is 5.91 Å². The molecule has 2 aromatic carbocycles. The van der Waals surface area contributed by atoms with Crippen molar-refractivity contribution in [2.75, 3.05) is 13.2 Å². The summed E-state index contributed by atoms with van der Waals surface area (Å²) < 4.78 is 5.62. The number of aromatic hydroxyl groups is 1. The molecule has 28 heavy (non-hydrogen) atoms. The van der Waals surface area contributed by atoms with Crippen molar-refractivity contribution < 1.29 is 19.7 Å². The summed E-state index contributed by atoms with van der Waals surface area (Å²) in [6, 6.07) is 9.37. The minimum absolute atomic E-state index is 0.0850. The van der Waals surface area contributed by atoms with Crippen LogP contribution in [0.4, 0.5) is 0 Å². The van der Waals surface area contributed by atoms with Gasteiger partial charge in [-0.15, -0.1) is 0 Å². The lowest BCUT2D eigenvalue weighted by atomic mass is 9.93. The average Bonchev–Trinajstić information content (AvgIpc) is 2.63. The Morgan fingerprint density at radius 3 is 2.32 bits per heavy atom. The van der Waals surface area contributed by atoms with E-state index in [0.717, 1.165) is 28.7 Å². The van der Waals surface area contributed by atoms with Crippen molar-refractivity contribution in [3.05, 3.63) is 58.1 Å². The number of benzene rings is 2. The second-order valence-electron chi connectivity index (χ2n) is 7.70. The van der Waals surface area contributed by atoms with E-state index in [4.69, 9.17) is 9.84 Å². The van der Waals surface area contributed by atoms with E-state index in [1.54, 1.807) is 13.0 Å². The van der Waals surface area contributed by atoms with E-state index in [2.05, 4.69) is 25.2 Å². The number of phenols is 1. The van der Waals surface area contributed by atoms with Gasteiger partial charge in [-0.2, -0.15) is 0 Å². The van der Waals surface area contributed by atoms with E-state index in [1.807, 2.05) is 32.0 Å². The highest BCUT2D eigenvalue weighted by atomic mass is 16.5. The Morgan fingerprint density at radius 1 is 1.11 bits per heavy atom. The number of ether oxygens (including phenoxy) is 1. The van der Waals surface area contributed by atoms with Crippen molar-refractivity contribution in [2.45, 2.75) is 53.0 Å². The zero-order chi connectivity index (χ0) is 20.8. The first-order valence-electron chi connectivity index (χ1n) is 9.66. The van der Waals surface area contributed by atoms with Gasteiger partial charge in [0.25, 0.3) is 5.91 Å². The van der Waals surface area contributed by atoms with Crippen molar-refractivity contribution in [1.29, 1.82) is 0 Å². The molecule has 1 amide bonds. The van der Waals surface area contributed by atoms with E-state index in [-0.39, 0.29) is 31.1 Å². The largest absolute Gasteiger partial charge is 0.508 e. The lowest BCUT2D eigenvalue weighted by Crippen LogP contribution is -2.38. The van der Waals surface area contributed by atoms with Crippen LogP contribution in [0.1, 0.15) is 54.5 Å². The Balaban J connectivity index is 2.12. The first kappa shape index (κ1) is 21.8. The van der Waals surface area contributed by atoms with E-state index >= 15 is 0 Å². The van der Waals surface area contributed by atoms with Gasteiger partial charge >= 0.3 is 0 Å². The highest BCUT2D eigenvalue weighted by Crippen LogP contribution is 2.29. The summed E-state index contributed by atoms with van der Waals surface area (Å²) in [6.07, 6.45) is 0.770. The summed E-state index contributed by atoms with van der Waals surface area (Å²) in [5.74, 6) is 0.993. The van der Waals surface area contributed by atoms with Crippen molar-refractivity contribution in [2.24, 2.45) is 0 Å². The summed E-state index contributed by atoms with van der Waals surface area (Å²) in [5, 5.41) is 21.7. The van der Waals surface area contributed by atoms with E-state index < -0.39 is 0 Å². The van der Waals surface area contributed by atoms with E-state index in [1.165, 1.54) is 5.56 Å². The predicted octanol–water partition coefficient (Wildman–Crippen LogP) is 3.60. The maximum absolute atomic E-state index is 11.8. The highest BCUT2D eigenvalue weighted by molar-refractivity contribution is 5.77. The standard InChI is InChI=1S/C23H31NO4/c1-14(2)20-10-18(6-7-22(20)26)11-21-15(3)8-19(9-16(21)4)28-13-23(27)24-17(5)12-25/h6-10,14,17,25-26H,11-13H2,1-5H3,(H,24,27). The van der Waals surface area contributed by atoms with Gasteiger partial charge in [0.1, 0.15) is 11.5 Å². The van der Waals surface area contributed by atoms with Crippen LogP contribution in [0, 0.1) is 13.8 Å². The molecule has 5 nitrogen and oxygen atoms in total. The van der Waals surface area contributed by atoms with Gasteiger partial charge in [0.15, 0.2) is 6.61 Å². The summed E-state index contributed by atoms with van der Waals surface area (Å²) in [7, 11) is 0. The first-order valence-corrected chi connectivity index (χ1v) is 9.66. The van der Waals surface area contributed by atoms with Gasteiger partial charge in [0, 0.05) is 6.04 Å². The highest BCUT2D eigenvalue weighted by Gasteiger charge is 2.12. The molecule has 0 bridgehead atoms. The SMILES string of the molecule is Cc1cc(OCC(=O)NC(C)CO)cc(C)c1Cc1ccc(O)c(C(C)C)c1. The molecule has 0 spiro atoms. The van der Waals surface area contributed by atoms with Crippen LogP contribution in [-0.2, 0) is 11.2 Å². The fraction of sp³-hybridized carbons (Fsp3) is 0.435. The fourth-order valence-electron chi connectivity index (χ4n) is 3.21. The maximum Gasteiger partial charge on any atom is 0.258 e. The van der Waals surface area contributed by atoms with Gasteiger partial charge in [-0.05, 0) is 79.1 Å². The molecule has 0 saturated carbocycles. The number of aliphatic hydroxyl groups excluding tert-OH is 1. The molecule has 5 heteroatoms. The topological polar surface area (TPSA) is 78.8 Å². The second-order valence-corrected chi connectivity index (χ2v) is 7.70. The van der Waals surface area contributed by atoms with Crippen LogP contribution in [0.15, 0.2) is 30.3 Å². The molecule has 0 heterocycles. The molecule has 0 saturated heterocycles. The molecule has 0 aliphatic carbocycles. The normalized spacial score (nSPS) is 12.1. The number of amides is 1. The number of hydrogen-bond donors (Lipinski definition) is 3. The zero-order valence-electron chi connectivity index (χ0n) is 17.4. The van der Waals surface area contributed by atoms with Crippen molar-refractivity contribution in [1.82, 2.24) is 5.32 Å². The molecule has 0 fully saturated rings. The zero-order valence-corrected chi connectivity index (χ0v) is 17.4. The summed E-state index contributed by atoms with van der Waals surface area (Å²) in [6.45, 7) is 9.75. The number of phenolic OH excluding ortho intramolecular Hbond substituents is 1. The van der Waals surface area contributed by atoms with Gasteiger partial charge in [0.2, 0.25) is 0 Å². The summed E-state index contributed by atoms with van der Waals surface area (Å²) >= 11 is 0. The number of aliphatic hydroxyl groups is 1. The Kier molecular flexibility index (Phi) is 7.46. The molecule has 0 aromatic heterocycles. The smallest absolute Gasteiger partial charge is 0.258 e. The van der Waals surface area contributed by atoms with Crippen LogP contribution in [0.25, 0.3) is 0 Å². The summed E-state index contributed by atoms with van der Waals surface area (Å²) in [5.41, 5.74) is 5.51. The molecular weight excluding hydrogens is 354 g/mol. The second kappa shape index (κ2) is 9.60. The molecule has 0 aliphatic rings. The van der Waals surface area contributed by atoms with Crippen LogP contribution >= 0.6 is 0 Å². The minimum Gasteiger partial charge on any atom is -0.508 e. The first-order chi connectivity index (χ1) is 13.2. The molecular formula is C23H31NO4. The van der Waals surface area contributed by atoms with E-state index in [0.29, 0.717) is 11.5 Å². The monoisotopic (exact) mass is 385 g/mol. The molecule has 1 unspecified atom stereocenters. The Hall–Kier alpha value is -2.53. The number of hydrogen-bond acceptors (Lipinski definition) is 4. The Morgan fingerprint density at radius 2 is 1.75 bits per heavy atom. The van der Waals surface area contributed by atoms with Crippen LogP contribution in [0.3, 0.4) is 0 Å². The van der Waals surface area contributed by atoms with E-state index in [9.17, 15) is 9.90 Å². The third-order valence-corrected chi connectivity index (χ3v) is 4.82. The quantitative estimate of drug-likeness (QED) is 0.649. The number of rotatable bonds is 8. The minimum atomic E-state index is -0.289. The van der Waals surface area contributed by atoms with Crippen LogP contribution in [0.2, 0.25) is 0 Å². The molecule has 1 atom stereocenters.